The van der Waals surface area contributed by atoms with Crippen molar-refractivity contribution in [3.05, 3.63) is 90.0 Å². The molecule has 4 rings (SSSR count). The molecule has 1 aliphatic heterocycles. The number of hydrogen-bond donors (Lipinski definition) is 3. The van der Waals surface area contributed by atoms with Gasteiger partial charge < -0.3 is 24.8 Å². The zero-order chi connectivity index (χ0) is 37.9. The highest BCUT2D eigenvalue weighted by molar-refractivity contribution is 7.90. The lowest BCUT2D eigenvalue weighted by Crippen LogP contribution is -2.49. The summed E-state index contributed by atoms with van der Waals surface area (Å²) in [5.41, 5.74) is -0.164. The van der Waals surface area contributed by atoms with Gasteiger partial charge in [-0.25, -0.2) is 17.9 Å². The smallest absolute Gasteiger partial charge is 0.333 e. The fourth-order valence-electron chi connectivity index (χ4n) is 6.29. The van der Waals surface area contributed by atoms with E-state index in [4.69, 9.17) is 14.2 Å². The quantitative estimate of drug-likeness (QED) is 0.138. The van der Waals surface area contributed by atoms with E-state index in [1.54, 1.807) is 45.0 Å². The van der Waals surface area contributed by atoms with Crippen molar-refractivity contribution < 1.29 is 41.8 Å². The van der Waals surface area contributed by atoms with Gasteiger partial charge in [-0.05, 0) is 94.8 Å². The minimum atomic E-state index is -4.25. The number of nitrogens with one attached hydrogen (secondary N) is 3. The molecule has 3 aromatic carbocycles. The number of ether oxygens (including phenoxy) is 3. The minimum absolute atomic E-state index is 0.0465. The topological polar surface area (TPSA) is 166 Å². The first-order valence-corrected chi connectivity index (χ1v) is 19.0. The van der Waals surface area contributed by atoms with Gasteiger partial charge in [-0.3, -0.25) is 14.4 Å². The van der Waals surface area contributed by atoms with Crippen molar-refractivity contribution in [2.75, 3.05) is 17.2 Å². The second kappa shape index (κ2) is 17.6. The molecule has 1 heterocycles. The van der Waals surface area contributed by atoms with Crippen LogP contribution in [-0.2, 0) is 45.2 Å². The van der Waals surface area contributed by atoms with Crippen molar-refractivity contribution in [2.24, 2.45) is 16.7 Å². The molecule has 0 aliphatic carbocycles. The largest absolute Gasteiger partial charge is 0.460 e. The van der Waals surface area contributed by atoms with Crippen molar-refractivity contribution in [1.82, 2.24) is 4.72 Å². The lowest BCUT2D eigenvalue weighted by molar-refractivity contribution is -0.202. The predicted molar refractivity (Wildman–Crippen MR) is 196 cm³/mol. The Morgan fingerprint density at radius 2 is 1.50 bits per heavy atom. The minimum Gasteiger partial charge on any atom is -0.460 e. The molecule has 3 N–H and O–H groups in total. The standard InChI is InChI=1S/C39H49N3O9S/c1-6-32(34(43)40-29-20-22-31(23-21-29)52(47,48)42-37(46)41-30-18-16-27(3)17-19-30)39(5,36(45)51-33-15-11-12-24-49-33)26-38(4,7-2)35(44)50-25-28-13-9-8-10-14-28/h8-10,13-14,16-23,32-33H,6-7,11-12,15,24-26H2,1-5H3,(H,40,43)(H2,41,42,46). The normalized spacial score (nSPS) is 17.4. The molecule has 0 aromatic heterocycles. The fraction of sp³-hybridized carbons (Fsp3) is 0.436. The second-order valence-electron chi connectivity index (χ2n) is 13.7. The molecule has 280 valence electrons. The van der Waals surface area contributed by atoms with E-state index in [9.17, 15) is 27.6 Å². The molecule has 3 amide bonds. The summed E-state index contributed by atoms with van der Waals surface area (Å²) in [6.45, 7) is 9.35. The molecule has 0 radical (unpaired) electrons. The molecule has 0 bridgehead atoms. The van der Waals surface area contributed by atoms with Gasteiger partial charge in [0.25, 0.3) is 10.0 Å². The highest BCUT2D eigenvalue weighted by Gasteiger charge is 2.52. The Labute approximate surface area is 306 Å². The zero-order valence-corrected chi connectivity index (χ0v) is 31.2. The van der Waals surface area contributed by atoms with E-state index in [0.29, 0.717) is 25.1 Å². The van der Waals surface area contributed by atoms with Crippen LogP contribution in [-0.4, -0.2) is 45.2 Å². The van der Waals surface area contributed by atoms with Crippen molar-refractivity contribution >= 4 is 45.3 Å². The van der Waals surface area contributed by atoms with E-state index >= 15 is 0 Å². The van der Waals surface area contributed by atoms with Crippen LogP contribution in [0.2, 0.25) is 0 Å². The molecular formula is C39H49N3O9S. The average Bonchev–Trinajstić information content (AvgIpc) is 3.12. The molecule has 1 saturated heterocycles. The number of amides is 3. The Morgan fingerprint density at radius 3 is 2.10 bits per heavy atom. The van der Waals surface area contributed by atoms with Gasteiger partial charge in [-0.15, -0.1) is 0 Å². The third-order valence-corrected chi connectivity index (χ3v) is 10.9. The highest BCUT2D eigenvalue weighted by Crippen LogP contribution is 2.45. The third kappa shape index (κ3) is 10.4. The summed E-state index contributed by atoms with van der Waals surface area (Å²) < 4.78 is 45.1. The molecular weight excluding hydrogens is 687 g/mol. The Hall–Kier alpha value is -4.75. The van der Waals surface area contributed by atoms with Crippen LogP contribution < -0.4 is 15.4 Å². The van der Waals surface area contributed by atoms with E-state index in [-0.39, 0.29) is 30.0 Å². The van der Waals surface area contributed by atoms with Gasteiger partial charge in [0, 0.05) is 17.8 Å². The van der Waals surface area contributed by atoms with Crippen LogP contribution in [0, 0.1) is 23.7 Å². The van der Waals surface area contributed by atoms with Crippen LogP contribution in [0.5, 0.6) is 0 Å². The van der Waals surface area contributed by atoms with E-state index in [1.165, 1.54) is 24.3 Å². The number of carbonyl (C=O) groups excluding carboxylic acids is 4. The predicted octanol–water partition coefficient (Wildman–Crippen LogP) is 7.10. The molecule has 12 nitrogen and oxygen atoms in total. The molecule has 1 aliphatic rings. The van der Waals surface area contributed by atoms with Gasteiger partial charge in [-0.2, -0.15) is 0 Å². The maximum Gasteiger partial charge on any atom is 0.333 e. The van der Waals surface area contributed by atoms with Crippen LogP contribution in [0.3, 0.4) is 0 Å². The van der Waals surface area contributed by atoms with Crippen molar-refractivity contribution in [3.63, 3.8) is 0 Å². The Bertz CT molecular complexity index is 1790. The maximum absolute atomic E-state index is 14.1. The molecule has 0 spiro atoms. The fourth-order valence-corrected chi connectivity index (χ4v) is 7.20. The van der Waals surface area contributed by atoms with Gasteiger partial charge >= 0.3 is 18.0 Å². The monoisotopic (exact) mass is 735 g/mol. The molecule has 52 heavy (non-hydrogen) atoms. The molecule has 0 saturated carbocycles. The Kier molecular flexibility index (Phi) is 13.6. The lowest BCUT2D eigenvalue weighted by Gasteiger charge is -2.41. The zero-order valence-electron chi connectivity index (χ0n) is 30.4. The maximum atomic E-state index is 14.1. The van der Waals surface area contributed by atoms with Gasteiger partial charge in [0.15, 0.2) is 0 Å². The van der Waals surface area contributed by atoms with Gasteiger partial charge in [0.1, 0.15) is 6.61 Å². The Balaban J connectivity index is 1.52. The van der Waals surface area contributed by atoms with E-state index < -0.39 is 56.9 Å². The second-order valence-corrected chi connectivity index (χ2v) is 15.4. The summed E-state index contributed by atoms with van der Waals surface area (Å²) in [6.07, 6.45) is 1.93. The van der Waals surface area contributed by atoms with Gasteiger partial charge in [0.05, 0.1) is 28.3 Å². The van der Waals surface area contributed by atoms with E-state index in [0.717, 1.165) is 24.0 Å². The number of carbonyl (C=O) groups is 4. The number of rotatable bonds is 15. The molecule has 13 heteroatoms. The van der Waals surface area contributed by atoms with Crippen LogP contribution in [0.15, 0.2) is 83.8 Å². The number of aryl methyl sites for hydroxylation is 1. The lowest BCUT2D eigenvalue weighted by atomic mass is 9.64. The summed E-state index contributed by atoms with van der Waals surface area (Å²) >= 11 is 0. The average molecular weight is 736 g/mol. The molecule has 4 unspecified atom stereocenters. The summed E-state index contributed by atoms with van der Waals surface area (Å²) in [7, 11) is -4.25. The van der Waals surface area contributed by atoms with E-state index in [1.807, 2.05) is 48.9 Å². The van der Waals surface area contributed by atoms with Crippen molar-refractivity contribution in [1.29, 1.82) is 0 Å². The molecule has 1 fully saturated rings. The number of urea groups is 1. The number of esters is 2. The first kappa shape index (κ1) is 40.0. The van der Waals surface area contributed by atoms with Crippen LogP contribution >= 0.6 is 0 Å². The van der Waals surface area contributed by atoms with Gasteiger partial charge in [0.2, 0.25) is 12.2 Å². The first-order valence-electron chi connectivity index (χ1n) is 17.5. The summed E-state index contributed by atoms with van der Waals surface area (Å²) in [5.74, 6) is -2.64. The van der Waals surface area contributed by atoms with Crippen LogP contribution in [0.25, 0.3) is 0 Å². The number of sulfonamides is 1. The molecule has 3 aromatic rings. The Morgan fingerprint density at radius 1 is 0.865 bits per heavy atom. The molecule has 4 atom stereocenters. The summed E-state index contributed by atoms with van der Waals surface area (Å²) in [4.78, 5) is 54.0. The third-order valence-electron chi connectivity index (χ3n) is 9.55. The van der Waals surface area contributed by atoms with Crippen LogP contribution in [0.1, 0.15) is 77.3 Å². The first-order chi connectivity index (χ1) is 24.7. The number of hydrogen-bond acceptors (Lipinski definition) is 9. The van der Waals surface area contributed by atoms with E-state index in [2.05, 4.69) is 10.6 Å². The van der Waals surface area contributed by atoms with Gasteiger partial charge in [-0.1, -0.05) is 61.9 Å². The summed E-state index contributed by atoms with van der Waals surface area (Å²) in [6, 6.07) is 20.5. The highest BCUT2D eigenvalue weighted by atomic mass is 32.2. The number of benzene rings is 3. The SMILES string of the molecule is CCC(C(=O)Nc1ccc(S(=O)(=O)NC(=O)Nc2ccc(C)cc2)cc1)C(C)(CC(C)(CC)C(=O)OCc1ccccc1)C(=O)OC1CCCCO1. The summed E-state index contributed by atoms with van der Waals surface area (Å²) in [5, 5.41) is 5.29. The van der Waals surface area contributed by atoms with Crippen LogP contribution in [0.4, 0.5) is 16.2 Å². The number of anilines is 2. The van der Waals surface area contributed by atoms with Crippen molar-refractivity contribution in [2.45, 2.75) is 90.9 Å². The van der Waals surface area contributed by atoms with Crippen molar-refractivity contribution in [3.8, 4) is 0 Å².